The van der Waals surface area contributed by atoms with E-state index in [0.29, 0.717) is 38.5 Å². The molecule has 1 saturated carbocycles. The highest BCUT2D eigenvalue weighted by molar-refractivity contribution is 5.84. The lowest BCUT2D eigenvalue weighted by Crippen LogP contribution is -2.53. The normalized spacial score (nSPS) is 13.1. The summed E-state index contributed by atoms with van der Waals surface area (Å²) in [4.78, 5) is 156. The molecule has 0 N–H and O–H groups in total. The smallest absolute Gasteiger partial charge is 0.350 e. The zero-order valence-electron chi connectivity index (χ0n) is 90.3. The largest absolute Gasteiger partial charge is 0.465 e. The Morgan fingerprint density at radius 3 is 0.807 bits per heavy atom. The van der Waals surface area contributed by atoms with Crippen molar-refractivity contribution in [2.45, 2.75) is 563 Å². The number of esters is 13. The SMILES string of the molecule is C.C.C.C.C.C.C.C.C.C.C.C.CCC(C)(C)C(=O)OC(C(C)C)C(C)(C)OC(=O)C(C)C.CCC(C)(C)C(=O)OC(C)(C)C(C)(C)OC(=O)C(C)(C)C.CCC(C)(C)C(=O)OC(C1CCCC1)C(C)(C)OC(=O)C(C)C.CCC(C)(C)C(=O)OCC(C)(C)COC(=O)C(C)(C)OC(=O)C(C)C.CCC(C)(C)C(=O)OCC(C)(C)OC(=O)C(C)C.CCC(OC(=O)C(C)(C)CC)C(C)(C)OC(=O)C(C)C. The third-order valence-corrected chi connectivity index (χ3v) is 23.5. The molecular formula is C114H236O26. The summed E-state index contributed by atoms with van der Waals surface area (Å²) in [5.41, 5.74) is -10.8. The van der Waals surface area contributed by atoms with E-state index in [9.17, 15) is 62.3 Å². The summed E-state index contributed by atoms with van der Waals surface area (Å²) < 4.78 is 71.5. The molecule has 3 atom stereocenters. The highest BCUT2D eigenvalue weighted by Gasteiger charge is 2.50. The first-order valence-electron chi connectivity index (χ1n) is 46.8. The Kier molecular flexibility index (Phi) is 87.1. The standard InChI is InChI=1S/C19H34O6.C19H34O4.2C17H32O4.C16H30O4.C14H26O4.12CH4/c1-10-18(6,7)15(21)23-11-17(4,5)12-24-16(22)19(8,9)25-14(20)13(2)3;1-8-18(4,5)17(21)22-15(14-11-9-10-12-14)19(6,7)23-16(20)13(2)3;1-11-15(5,6)13(19)21-17(9,10)16(7,8)20-12(18)14(2,3)4;1-10-16(6,7)15(19)20-13(11(2)3)17(8,9)21-14(18)12(4)5;1-9-12(19-14(18)15(5,6)10-2)16(7,8)20-13(17)11(3)4;1-8-13(4,5)12(16)17-9-14(6,7)18-11(15)10(2)3;;;;;;;;;;;;/h13H,10-12H2,1-9H3;13-15H,8-12H2,1-7H3;11H2,1-10H3;11-13H,10H2,1-9H3;11-12H,9-10H2,1-8H3;10H,8-9H2,1-7H3;12*1H4. The molecule has 848 valence electrons. The highest BCUT2D eigenvalue weighted by Crippen LogP contribution is 2.40. The van der Waals surface area contributed by atoms with Crippen LogP contribution in [-0.2, 0) is 124 Å². The maximum atomic E-state index is 12.6. The van der Waals surface area contributed by atoms with Gasteiger partial charge in [-0.15, -0.1) is 0 Å². The van der Waals surface area contributed by atoms with Crippen LogP contribution >= 0.6 is 0 Å². The van der Waals surface area contributed by atoms with Gasteiger partial charge in [0.1, 0.15) is 58.5 Å². The molecule has 0 aromatic heterocycles. The fourth-order valence-electron chi connectivity index (χ4n) is 10.1. The summed E-state index contributed by atoms with van der Waals surface area (Å²) in [7, 11) is 0. The fourth-order valence-corrected chi connectivity index (χ4v) is 10.1. The number of rotatable bonds is 41. The van der Waals surface area contributed by atoms with Gasteiger partial charge in [0, 0.05) is 5.41 Å². The molecule has 26 nitrogen and oxygen atoms in total. The lowest BCUT2D eigenvalue weighted by molar-refractivity contribution is -0.209. The molecule has 1 fully saturated rings. The van der Waals surface area contributed by atoms with Crippen molar-refractivity contribution in [3.05, 3.63) is 0 Å². The van der Waals surface area contributed by atoms with Gasteiger partial charge in [0.05, 0.1) is 80.7 Å². The van der Waals surface area contributed by atoms with Crippen LogP contribution < -0.4 is 0 Å². The van der Waals surface area contributed by atoms with Crippen LogP contribution in [0.2, 0.25) is 0 Å². The molecule has 1 aliphatic rings. The van der Waals surface area contributed by atoms with Gasteiger partial charge in [0.15, 0.2) is 0 Å². The first-order valence-corrected chi connectivity index (χ1v) is 46.8. The molecule has 1 rings (SSSR count). The second-order valence-corrected chi connectivity index (χ2v) is 45.6. The van der Waals surface area contributed by atoms with Crippen molar-refractivity contribution in [3.63, 3.8) is 0 Å². The minimum Gasteiger partial charge on any atom is -0.465 e. The maximum absolute atomic E-state index is 12.6. The molecule has 0 aromatic rings. The second-order valence-electron chi connectivity index (χ2n) is 45.6. The number of hydrogen-bond donors (Lipinski definition) is 0. The maximum Gasteiger partial charge on any atom is 0.350 e. The average molecular weight is 2020 g/mol. The molecule has 0 bridgehead atoms. The van der Waals surface area contributed by atoms with Gasteiger partial charge in [-0.25, -0.2) is 4.79 Å². The van der Waals surface area contributed by atoms with E-state index < -0.39 is 107 Å². The van der Waals surface area contributed by atoms with Crippen molar-refractivity contribution >= 4 is 77.6 Å². The predicted molar refractivity (Wildman–Crippen MR) is 583 cm³/mol. The number of ether oxygens (including phenoxy) is 13. The Morgan fingerprint density at radius 2 is 0.514 bits per heavy atom. The molecule has 0 aliphatic heterocycles. The molecule has 26 heteroatoms. The third-order valence-electron chi connectivity index (χ3n) is 23.5. The molecular weight excluding hydrogens is 1790 g/mol. The first-order chi connectivity index (χ1) is 57.1. The topological polar surface area (TPSA) is 342 Å². The first kappa shape index (κ1) is 172. The van der Waals surface area contributed by atoms with Gasteiger partial charge < -0.3 is 61.6 Å². The van der Waals surface area contributed by atoms with Crippen LogP contribution in [0.1, 0.15) is 506 Å². The van der Waals surface area contributed by atoms with Gasteiger partial charge in [-0.3, -0.25) is 57.5 Å². The second kappa shape index (κ2) is 70.8. The molecule has 1 aliphatic carbocycles. The molecule has 0 heterocycles. The van der Waals surface area contributed by atoms with Crippen LogP contribution in [0.5, 0.6) is 0 Å². The lowest BCUT2D eigenvalue weighted by Gasteiger charge is -2.42. The van der Waals surface area contributed by atoms with E-state index in [1.165, 1.54) is 13.8 Å². The average Bonchev–Trinajstić information content (AvgIpc) is 0.971. The summed E-state index contributed by atoms with van der Waals surface area (Å²) in [5, 5.41) is 0. The van der Waals surface area contributed by atoms with E-state index >= 15 is 0 Å². The third kappa shape index (κ3) is 62.7. The van der Waals surface area contributed by atoms with Crippen LogP contribution in [0.4, 0.5) is 0 Å². The van der Waals surface area contributed by atoms with Gasteiger partial charge >= 0.3 is 77.6 Å². The summed E-state index contributed by atoms with van der Waals surface area (Å²) >= 11 is 0. The summed E-state index contributed by atoms with van der Waals surface area (Å²) in [6, 6.07) is 0. The van der Waals surface area contributed by atoms with E-state index in [0.717, 1.165) is 32.1 Å². The molecule has 140 heavy (non-hydrogen) atoms. The van der Waals surface area contributed by atoms with Crippen molar-refractivity contribution in [1.82, 2.24) is 0 Å². The molecule has 0 amide bonds. The molecule has 0 radical (unpaired) electrons. The van der Waals surface area contributed by atoms with Crippen molar-refractivity contribution < 1.29 is 124 Å². The van der Waals surface area contributed by atoms with E-state index in [4.69, 9.17) is 61.6 Å². The van der Waals surface area contributed by atoms with Crippen LogP contribution in [0, 0.1) is 84.7 Å². The van der Waals surface area contributed by atoms with Crippen molar-refractivity contribution in [2.24, 2.45) is 84.7 Å². The van der Waals surface area contributed by atoms with Gasteiger partial charge in [0.25, 0.3) is 0 Å². The van der Waals surface area contributed by atoms with Gasteiger partial charge in [-0.05, 0) is 270 Å². The zero-order valence-corrected chi connectivity index (χ0v) is 90.3. The van der Waals surface area contributed by atoms with E-state index in [1.807, 2.05) is 187 Å². The van der Waals surface area contributed by atoms with E-state index in [2.05, 4.69) is 0 Å². The van der Waals surface area contributed by atoms with Crippen LogP contribution in [-0.4, -0.2) is 155 Å². The van der Waals surface area contributed by atoms with Crippen molar-refractivity contribution in [3.8, 4) is 0 Å². The Balaban J connectivity index is -0.0000000852. The Hall–Kier alpha value is -6.89. The van der Waals surface area contributed by atoms with Crippen LogP contribution in [0.25, 0.3) is 0 Å². The van der Waals surface area contributed by atoms with Gasteiger partial charge in [0.2, 0.25) is 5.60 Å². The summed E-state index contributed by atoms with van der Waals surface area (Å²) in [6.07, 6.45) is 7.82. The molecule has 0 saturated heterocycles. The fraction of sp³-hybridized carbons (Fsp3) is 0.886. The van der Waals surface area contributed by atoms with E-state index in [-0.39, 0.29) is 222 Å². The minimum atomic E-state index is -1.36. The lowest BCUT2D eigenvalue weighted by atomic mass is 9.86. The number of carbonyl (C=O) groups is 13. The van der Waals surface area contributed by atoms with Crippen LogP contribution in [0.3, 0.4) is 0 Å². The molecule has 0 aromatic carbocycles. The highest BCUT2D eigenvalue weighted by atomic mass is 16.6. The minimum absolute atomic E-state index is 0. The van der Waals surface area contributed by atoms with E-state index in [1.54, 1.807) is 145 Å². The quantitative estimate of drug-likeness (QED) is 0.0405. The number of hydrogen-bond acceptors (Lipinski definition) is 26. The Morgan fingerprint density at radius 1 is 0.264 bits per heavy atom. The summed E-state index contributed by atoms with van der Waals surface area (Å²) in [6.45, 7) is 91.2. The molecule has 0 spiro atoms. The summed E-state index contributed by atoms with van der Waals surface area (Å²) in [5.74, 6) is -4.83. The van der Waals surface area contributed by atoms with Gasteiger partial charge in [-0.1, -0.05) is 247 Å². The Labute approximate surface area is 865 Å². The zero-order chi connectivity index (χ0) is 103. The van der Waals surface area contributed by atoms with Crippen LogP contribution in [0.15, 0.2) is 0 Å². The Bertz CT molecular complexity index is 3480. The van der Waals surface area contributed by atoms with Crippen molar-refractivity contribution in [2.75, 3.05) is 19.8 Å². The monoisotopic (exact) mass is 2020 g/mol. The number of carbonyl (C=O) groups excluding carboxylic acids is 13. The van der Waals surface area contributed by atoms with Gasteiger partial charge in [-0.2, -0.15) is 0 Å². The predicted octanol–water partition coefficient (Wildman–Crippen LogP) is 30.4. The molecule has 3 unspecified atom stereocenters. The van der Waals surface area contributed by atoms with Crippen molar-refractivity contribution in [1.29, 1.82) is 0 Å².